The summed E-state index contributed by atoms with van der Waals surface area (Å²) in [6, 6.07) is 0. The molecule has 0 aromatic carbocycles. The van der Waals surface area contributed by atoms with Crippen LogP contribution >= 0.6 is 7.82 Å². The van der Waals surface area contributed by atoms with Gasteiger partial charge in [-0.25, -0.2) is 4.57 Å². The molecule has 0 aliphatic carbocycles. The molecule has 11 nitrogen and oxygen atoms in total. The molecule has 0 fully saturated rings. The molecule has 5 N–H and O–H groups in total. The van der Waals surface area contributed by atoms with Gasteiger partial charge in [0.25, 0.3) is 0 Å². The summed E-state index contributed by atoms with van der Waals surface area (Å²) in [4.78, 5) is 42.8. The summed E-state index contributed by atoms with van der Waals surface area (Å²) < 4.78 is 26.1. The normalized spacial score (nSPS) is 14.8. The Labute approximate surface area is 320 Å². The number of carbonyl (C=O) groups is 2. The third kappa shape index (κ3) is 36.6. The van der Waals surface area contributed by atoms with Crippen LogP contribution in [0.4, 0.5) is 0 Å². The van der Waals surface area contributed by atoms with Gasteiger partial charge in [0.15, 0.2) is 6.10 Å². The van der Waals surface area contributed by atoms with Gasteiger partial charge in [-0.2, -0.15) is 0 Å². The molecule has 0 radical (unpaired) electrons. The van der Waals surface area contributed by atoms with Gasteiger partial charge in [-0.15, -0.1) is 0 Å². The maximum Gasteiger partial charge on any atom is 0.469 e. The zero-order valence-corrected chi connectivity index (χ0v) is 33.6. The molecule has 0 unspecified atom stereocenters. The van der Waals surface area contributed by atoms with Crippen molar-refractivity contribution >= 4 is 19.8 Å². The minimum Gasteiger partial charge on any atom is -0.462 e. The summed E-state index contributed by atoms with van der Waals surface area (Å²) in [5, 5.41) is 30.3. The molecule has 0 aliphatic rings. The van der Waals surface area contributed by atoms with Gasteiger partial charge in [0.2, 0.25) is 0 Å². The van der Waals surface area contributed by atoms with Crippen LogP contribution in [-0.2, 0) is 28.2 Å². The molecular formula is C41H73O11P. The van der Waals surface area contributed by atoms with E-state index in [1.54, 1.807) is 42.5 Å². The second kappa shape index (κ2) is 35.6. The number of allylic oxidation sites excluding steroid dienone is 6. The Morgan fingerprint density at radius 3 is 1.58 bits per heavy atom. The highest BCUT2D eigenvalue weighted by molar-refractivity contribution is 7.46. The van der Waals surface area contributed by atoms with Crippen molar-refractivity contribution in [3.63, 3.8) is 0 Å². The molecule has 0 spiro atoms. The third-order valence-corrected chi connectivity index (χ3v) is 9.20. The number of ether oxygens (including phenoxy) is 2. The maximum atomic E-state index is 12.4. The predicted molar refractivity (Wildman–Crippen MR) is 211 cm³/mol. The van der Waals surface area contributed by atoms with Crippen LogP contribution in [-0.4, -0.2) is 74.7 Å². The van der Waals surface area contributed by atoms with Gasteiger partial charge in [0.05, 0.1) is 24.9 Å². The van der Waals surface area contributed by atoms with E-state index >= 15 is 0 Å². The van der Waals surface area contributed by atoms with Gasteiger partial charge in [-0.3, -0.25) is 14.1 Å². The standard InChI is InChI=1S/C41H73O11P/c1-3-5-7-8-9-10-11-12-13-14-15-16-17-22-26-32-41(46)52-37(35-51-53(47,48)49)34-50-40(45)33-27-31-39(44)38(43)30-25-21-19-18-20-24-29-36(42)28-23-6-4-2/h18-21,24-25,29-30,36-39,42-44H,3-17,22-23,26-28,31-35H2,1-2H3,(H2,47,48,49)/b20-18-,21-19+,29-24+,30-25+/t36-,37-,38-,39-/m1/s1. The lowest BCUT2D eigenvalue weighted by atomic mass is 10.0. The van der Waals surface area contributed by atoms with Gasteiger partial charge in [0, 0.05) is 12.8 Å². The zero-order chi connectivity index (χ0) is 39.4. The first kappa shape index (κ1) is 50.9. The highest BCUT2D eigenvalue weighted by Crippen LogP contribution is 2.36. The number of carbonyl (C=O) groups excluding carboxylic acids is 2. The zero-order valence-electron chi connectivity index (χ0n) is 32.7. The number of hydrogen-bond acceptors (Lipinski definition) is 9. The number of phosphoric ester groups is 1. The van der Waals surface area contributed by atoms with E-state index in [1.807, 2.05) is 0 Å². The van der Waals surface area contributed by atoms with Crippen molar-refractivity contribution in [3.05, 3.63) is 48.6 Å². The van der Waals surface area contributed by atoms with E-state index in [0.717, 1.165) is 44.9 Å². The van der Waals surface area contributed by atoms with Gasteiger partial charge in [-0.1, -0.05) is 172 Å². The average Bonchev–Trinajstić information content (AvgIpc) is 3.11. The largest absolute Gasteiger partial charge is 0.469 e. The van der Waals surface area contributed by atoms with Crippen molar-refractivity contribution in [2.75, 3.05) is 13.2 Å². The second-order valence-corrected chi connectivity index (χ2v) is 15.1. The van der Waals surface area contributed by atoms with E-state index < -0.39 is 57.4 Å². The average molecular weight is 773 g/mol. The molecule has 0 saturated heterocycles. The third-order valence-electron chi connectivity index (χ3n) is 8.72. The number of hydrogen-bond donors (Lipinski definition) is 5. The first-order valence-electron chi connectivity index (χ1n) is 20.3. The lowest BCUT2D eigenvalue weighted by Gasteiger charge is -2.18. The lowest BCUT2D eigenvalue weighted by molar-refractivity contribution is -0.161. The first-order valence-corrected chi connectivity index (χ1v) is 21.8. The summed E-state index contributed by atoms with van der Waals surface area (Å²) in [5.41, 5.74) is 0. The summed E-state index contributed by atoms with van der Waals surface area (Å²) in [6.45, 7) is 3.28. The van der Waals surface area contributed by atoms with Crippen LogP contribution in [0.25, 0.3) is 0 Å². The molecule has 12 heteroatoms. The molecular weight excluding hydrogens is 699 g/mol. The molecule has 53 heavy (non-hydrogen) atoms. The summed E-state index contributed by atoms with van der Waals surface area (Å²) in [7, 11) is -4.83. The fourth-order valence-electron chi connectivity index (χ4n) is 5.52. The molecule has 0 bridgehead atoms. The van der Waals surface area contributed by atoms with Crippen LogP contribution in [0.5, 0.6) is 0 Å². The molecule has 0 heterocycles. The van der Waals surface area contributed by atoms with Gasteiger partial charge in [-0.05, 0) is 25.7 Å². The summed E-state index contributed by atoms with van der Waals surface area (Å²) in [5.74, 6) is -1.21. The quantitative estimate of drug-likeness (QED) is 0.0178. The van der Waals surface area contributed by atoms with E-state index in [-0.39, 0.29) is 25.7 Å². The highest BCUT2D eigenvalue weighted by Gasteiger charge is 2.23. The Hall–Kier alpha value is -2.11. The number of aliphatic hydroxyl groups is 3. The van der Waals surface area contributed by atoms with E-state index in [4.69, 9.17) is 19.3 Å². The van der Waals surface area contributed by atoms with Crippen molar-refractivity contribution in [2.24, 2.45) is 0 Å². The number of unbranched alkanes of at least 4 members (excludes halogenated alkanes) is 16. The van der Waals surface area contributed by atoms with Crippen LogP contribution < -0.4 is 0 Å². The first-order chi connectivity index (χ1) is 25.5. The topological polar surface area (TPSA) is 180 Å². The minimum absolute atomic E-state index is 0.0852. The Morgan fingerprint density at radius 2 is 1.04 bits per heavy atom. The van der Waals surface area contributed by atoms with E-state index in [9.17, 15) is 29.5 Å². The summed E-state index contributed by atoms with van der Waals surface area (Å²) >= 11 is 0. The van der Waals surface area contributed by atoms with Crippen LogP contribution in [0.15, 0.2) is 48.6 Å². The number of phosphoric acid groups is 1. The fraction of sp³-hybridized carbons (Fsp3) is 0.756. The van der Waals surface area contributed by atoms with Crippen LogP contribution in [0, 0.1) is 0 Å². The van der Waals surface area contributed by atoms with E-state index in [0.29, 0.717) is 6.42 Å². The van der Waals surface area contributed by atoms with Crippen molar-refractivity contribution in [2.45, 2.75) is 186 Å². The van der Waals surface area contributed by atoms with E-state index in [1.165, 1.54) is 76.7 Å². The number of rotatable bonds is 36. The number of esters is 2. The SMILES string of the molecule is CCCCCCCCCCCCCCCCCC(=O)O[C@H](COC(=O)CCC[C@@H](O)[C@H](O)/C=C/C=C/C=C\C=C\[C@H](O)CCCCC)COP(=O)(O)O. The Kier molecular flexibility index (Phi) is 34.2. The summed E-state index contributed by atoms with van der Waals surface area (Å²) in [6.07, 6.45) is 32.0. The Bertz CT molecular complexity index is 1050. The maximum absolute atomic E-state index is 12.4. The molecule has 0 amide bonds. The molecule has 0 aromatic rings. The molecule has 4 atom stereocenters. The second-order valence-electron chi connectivity index (χ2n) is 13.8. The smallest absolute Gasteiger partial charge is 0.462 e. The number of aliphatic hydroxyl groups excluding tert-OH is 3. The molecule has 0 saturated carbocycles. The lowest BCUT2D eigenvalue weighted by Crippen LogP contribution is -2.29. The Balaban J connectivity index is 4.27. The van der Waals surface area contributed by atoms with Crippen LogP contribution in [0.1, 0.15) is 162 Å². The predicted octanol–water partition coefficient (Wildman–Crippen LogP) is 8.87. The monoisotopic (exact) mass is 772 g/mol. The van der Waals surface area contributed by atoms with E-state index in [2.05, 4.69) is 18.4 Å². The van der Waals surface area contributed by atoms with Crippen molar-refractivity contribution < 1.29 is 53.3 Å². The van der Waals surface area contributed by atoms with Crippen LogP contribution in [0.2, 0.25) is 0 Å². The Morgan fingerprint density at radius 1 is 0.566 bits per heavy atom. The van der Waals surface area contributed by atoms with Crippen molar-refractivity contribution in [3.8, 4) is 0 Å². The molecule has 308 valence electrons. The van der Waals surface area contributed by atoms with Gasteiger partial charge < -0.3 is 34.6 Å². The molecule has 0 aliphatic heterocycles. The highest BCUT2D eigenvalue weighted by atomic mass is 31.2. The van der Waals surface area contributed by atoms with Gasteiger partial charge >= 0.3 is 19.8 Å². The van der Waals surface area contributed by atoms with Crippen LogP contribution in [0.3, 0.4) is 0 Å². The van der Waals surface area contributed by atoms with Crippen molar-refractivity contribution in [1.82, 2.24) is 0 Å². The molecule has 0 aromatic heterocycles. The van der Waals surface area contributed by atoms with Crippen molar-refractivity contribution in [1.29, 1.82) is 0 Å². The fourth-order valence-corrected chi connectivity index (χ4v) is 5.88. The molecule has 0 rings (SSSR count). The minimum atomic E-state index is -4.83. The van der Waals surface area contributed by atoms with Gasteiger partial charge in [0.1, 0.15) is 6.61 Å².